The van der Waals surface area contributed by atoms with E-state index in [1.54, 1.807) is 35.9 Å². The van der Waals surface area contributed by atoms with Crippen LogP contribution in [0.4, 0.5) is 0 Å². The molecule has 1 N–H and O–H groups in total. The van der Waals surface area contributed by atoms with Gasteiger partial charge in [-0.25, -0.2) is 4.68 Å². The number of methoxy groups -OCH3 is 1. The topological polar surface area (TPSA) is 107 Å². The van der Waals surface area contributed by atoms with Gasteiger partial charge in [0, 0.05) is 19.2 Å². The molecule has 1 atom stereocenters. The molecule has 2 aromatic heterocycles. The summed E-state index contributed by atoms with van der Waals surface area (Å²) in [5.74, 6) is 1.07. The molecule has 0 spiro atoms. The van der Waals surface area contributed by atoms with E-state index >= 15 is 0 Å². The molecule has 4 rings (SSSR count). The van der Waals surface area contributed by atoms with Crippen LogP contribution >= 0.6 is 0 Å². The number of aryl methyl sites for hydroxylation is 1. The second-order valence-corrected chi connectivity index (χ2v) is 6.50. The lowest BCUT2D eigenvalue weighted by atomic mass is 10.0. The molecule has 9 heteroatoms. The highest BCUT2D eigenvalue weighted by atomic mass is 16.5. The number of hydrogen-bond acceptors (Lipinski definition) is 7. The Labute approximate surface area is 155 Å². The lowest BCUT2D eigenvalue weighted by molar-refractivity contribution is 0.0135. The number of hydrogen-bond donors (Lipinski definition) is 1. The van der Waals surface area contributed by atoms with Crippen molar-refractivity contribution in [3.63, 3.8) is 0 Å². The molecule has 3 aromatic rings. The van der Waals surface area contributed by atoms with E-state index in [-0.39, 0.29) is 18.3 Å². The maximum atomic E-state index is 12.8. The molecule has 0 unspecified atom stereocenters. The lowest BCUT2D eigenvalue weighted by Gasteiger charge is -2.19. The SMILES string of the molecule is COc1ccc(-n2ccc(C(=O)N3CC[C@](O)(c4nc(C)no4)C3)n2)cc1. The van der Waals surface area contributed by atoms with Crippen molar-refractivity contribution >= 4 is 5.91 Å². The molecule has 1 aromatic carbocycles. The second-order valence-electron chi connectivity index (χ2n) is 6.50. The van der Waals surface area contributed by atoms with Crippen molar-refractivity contribution in [2.45, 2.75) is 18.9 Å². The predicted octanol–water partition coefficient (Wildman–Crippen LogP) is 1.31. The minimum atomic E-state index is -1.32. The van der Waals surface area contributed by atoms with Gasteiger partial charge < -0.3 is 19.3 Å². The first kappa shape index (κ1) is 17.2. The van der Waals surface area contributed by atoms with E-state index in [4.69, 9.17) is 9.26 Å². The summed E-state index contributed by atoms with van der Waals surface area (Å²) < 4.78 is 11.9. The number of carbonyl (C=O) groups excluding carboxylic acids is 1. The van der Waals surface area contributed by atoms with Crippen LogP contribution < -0.4 is 4.74 Å². The maximum Gasteiger partial charge on any atom is 0.274 e. The molecule has 1 amide bonds. The van der Waals surface area contributed by atoms with Gasteiger partial charge >= 0.3 is 0 Å². The van der Waals surface area contributed by atoms with Crippen LogP contribution in [0.15, 0.2) is 41.1 Å². The van der Waals surface area contributed by atoms with Crippen LogP contribution in [0.2, 0.25) is 0 Å². The Hall–Kier alpha value is -3.20. The van der Waals surface area contributed by atoms with Gasteiger partial charge in [-0.2, -0.15) is 10.1 Å². The van der Waals surface area contributed by atoms with E-state index in [1.165, 1.54) is 0 Å². The number of nitrogens with zero attached hydrogens (tertiary/aromatic N) is 5. The molecular weight excluding hydrogens is 350 g/mol. The summed E-state index contributed by atoms with van der Waals surface area (Å²) in [6, 6.07) is 9.01. The monoisotopic (exact) mass is 369 g/mol. The number of aliphatic hydroxyl groups is 1. The largest absolute Gasteiger partial charge is 0.497 e. The third-order valence-electron chi connectivity index (χ3n) is 4.61. The minimum Gasteiger partial charge on any atom is -0.497 e. The molecule has 1 saturated heterocycles. The van der Waals surface area contributed by atoms with Gasteiger partial charge in [0.15, 0.2) is 17.1 Å². The van der Waals surface area contributed by atoms with Crippen LogP contribution in [0, 0.1) is 6.92 Å². The smallest absolute Gasteiger partial charge is 0.274 e. The number of likely N-dealkylation sites (tertiary alicyclic amines) is 1. The highest BCUT2D eigenvalue weighted by Gasteiger charge is 2.44. The van der Waals surface area contributed by atoms with Gasteiger partial charge in [-0.05, 0) is 37.3 Å². The van der Waals surface area contributed by atoms with Crippen molar-refractivity contribution in [1.29, 1.82) is 0 Å². The zero-order valence-corrected chi connectivity index (χ0v) is 15.0. The van der Waals surface area contributed by atoms with Crippen LogP contribution in [0.5, 0.6) is 5.75 Å². The first-order chi connectivity index (χ1) is 13.0. The van der Waals surface area contributed by atoms with E-state index in [2.05, 4.69) is 15.2 Å². The predicted molar refractivity (Wildman–Crippen MR) is 93.6 cm³/mol. The van der Waals surface area contributed by atoms with Crippen molar-refractivity contribution in [1.82, 2.24) is 24.8 Å². The van der Waals surface area contributed by atoms with E-state index < -0.39 is 5.60 Å². The number of aromatic nitrogens is 4. The third-order valence-corrected chi connectivity index (χ3v) is 4.61. The summed E-state index contributed by atoms with van der Waals surface area (Å²) in [6.07, 6.45) is 2.05. The lowest BCUT2D eigenvalue weighted by Crippen LogP contribution is -2.34. The molecular formula is C18H19N5O4. The van der Waals surface area contributed by atoms with Gasteiger partial charge in [0.1, 0.15) is 5.75 Å². The summed E-state index contributed by atoms with van der Waals surface area (Å²) in [4.78, 5) is 18.4. The molecule has 0 saturated carbocycles. The number of carbonyl (C=O) groups is 1. The highest BCUT2D eigenvalue weighted by molar-refractivity contribution is 5.92. The van der Waals surface area contributed by atoms with E-state index in [1.807, 2.05) is 24.3 Å². The number of rotatable bonds is 4. The van der Waals surface area contributed by atoms with Crippen LogP contribution in [0.1, 0.15) is 28.6 Å². The molecule has 1 aliphatic rings. The second kappa shape index (κ2) is 6.51. The Bertz CT molecular complexity index is 964. The van der Waals surface area contributed by atoms with E-state index in [0.29, 0.717) is 24.5 Å². The fourth-order valence-electron chi connectivity index (χ4n) is 3.11. The number of benzene rings is 1. The normalized spacial score (nSPS) is 19.4. The summed E-state index contributed by atoms with van der Waals surface area (Å²) in [7, 11) is 1.60. The average molecular weight is 369 g/mol. The van der Waals surface area contributed by atoms with Gasteiger partial charge in [-0.15, -0.1) is 0 Å². The minimum absolute atomic E-state index is 0.0862. The zero-order chi connectivity index (χ0) is 19.0. The van der Waals surface area contributed by atoms with Crippen molar-refractivity contribution in [3.05, 3.63) is 53.9 Å². The molecule has 0 radical (unpaired) electrons. The summed E-state index contributed by atoms with van der Waals surface area (Å²) in [6.45, 7) is 2.15. The van der Waals surface area contributed by atoms with Gasteiger partial charge in [-0.1, -0.05) is 5.16 Å². The average Bonchev–Trinajstić information content (AvgIpc) is 3.41. The van der Waals surface area contributed by atoms with Crippen molar-refractivity contribution in [3.8, 4) is 11.4 Å². The summed E-state index contributed by atoms with van der Waals surface area (Å²) >= 11 is 0. The quantitative estimate of drug-likeness (QED) is 0.739. The van der Waals surface area contributed by atoms with Crippen LogP contribution in [0.3, 0.4) is 0 Å². The third kappa shape index (κ3) is 3.17. The Morgan fingerprint density at radius 2 is 2.07 bits per heavy atom. The zero-order valence-electron chi connectivity index (χ0n) is 15.0. The molecule has 140 valence electrons. The van der Waals surface area contributed by atoms with Gasteiger partial charge in [0.2, 0.25) is 0 Å². The first-order valence-corrected chi connectivity index (χ1v) is 8.51. The molecule has 3 heterocycles. The molecule has 27 heavy (non-hydrogen) atoms. The molecule has 0 bridgehead atoms. The molecule has 0 aliphatic carbocycles. The van der Waals surface area contributed by atoms with Crippen LogP contribution in [-0.4, -0.2) is 56.0 Å². The number of ether oxygens (including phenoxy) is 1. The van der Waals surface area contributed by atoms with Gasteiger partial charge in [-0.3, -0.25) is 4.79 Å². The summed E-state index contributed by atoms with van der Waals surface area (Å²) in [5, 5.41) is 18.8. The standard InChI is InChI=1S/C18H19N5O4/c1-12-19-17(27-21-12)18(25)8-10-22(11-18)16(24)15-7-9-23(20-15)13-3-5-14(26-2)6-4-13/h3-7,9,25H,8,10-11H2,1-2H3/t18-/m1/s1. The van der Waals surface area contributed by atoms with Crippen molar-refractivity contribution in [2.75, 3.05) is 20.2 Å². The molecule has 1 fully saturated rings. The molecule has 9 nitrogen and oxygen atoms in total. The van der Waals surface area contributed by atoms with E-state index in [0.717, 1.165) is 11.4 Å². The Kier molecular flexibility index (Phi) is 4.15. The maximum absolute atomic E-state index is 12.8. The Morgan fingerprint density at radius 3 is 2.74 bits per heavy atom. The van der Waals surface area contributed by atoms with Gasteiger partial charge in [0.25, 0.3) is 11.8 Å². The molecule has 1 aliphatic heterocycles. The van der Waals surface area contributed by atoms with Crippen molar-refractivity contribution in [2.24, 2.45) is 0 Å². The fraction of sp³-hybridized carbons (Fsp3) is 0.333. The Morgan fingerprint density at radius 1 is 1.30 bits per heavy atom. The Balaban J connectivity index is 1.50. The van der Waals surface area contributed by atoms with Crippen LogP contribution in [0.25, 0.3) is 5.69 Å². The number of β-amino-alcohol motifs (C(OH)–C–C–N with tert-alkyl or cyclic N) is 1. The number of amides is 1. The van der Waals surface area contributed by atoms with E-state index in [9.17, 15) is 9.90 Å². The first-order valence-electron chi connectivity index (χ1n) is 8.51. The van der Waals surface area contributed by atoms with Gasteiger partial charge in [0.05, 0.1) is 19.3 Å². The highest BCUT2D eigenvalue weighted by Crippen LogP contribution is 2.31. The van der Waals surface area contributed by atoms with Crippen molar-refractivity contribution < 1.29 is 19.2 Å². The fourth-order valence-corrected chi connectivity index (χ4v) is 3.11. The summed E-state index contributed by atoms with van der Waals surface area (Å²) in [5.41, 5.74) is -0.207. The van der Waals surface area contributed by atoms with Crippen LogP contribution in [-0.2, 0) is 5.60 Å².